The molecule has 146 valence electrons. The van der Waals surface area contributed by atoms with Gasteiger partial charge in [-0.25, -0.2) is 0 Å². The number of hydrogen-bond acceptors (Lipinski definition) is 3. The maximum atomic E-state index is 13.0. The number of fused-ring (bicyclic) bond motifs is 3. The lowest BCUT2D eigenvalue weighted by atomic mass is 9.75. The average Bonchev–Trinajstić information content (AvgIpc) is 3.04. The standard InChI is InChI=1S/C24H28N2O2/c1-13(2)22-14(3)10-15(4)24(27)19(22)12-21-23-18(8-9-25-21)17-7-6-16(28-5)11-20(17)26-23/h6-7,10-11,13,19,26H,8-9,12H2,1-5H3. The lowest BCUT2D eigenvalue weighted by Gasteiger charge is -2.29. The Balaban J connectivity index is 1.74. The number of H-pyrrole nitrogens is 1. The van der Waals surface area contributed by atoms with E-state index in [9.17, 15) is 4.79 Å². The van der Waals surface area contributed by atoms with Gasteiger partial charge in [0.05, 0.1) is 18.5 Å². The Labute approximate surface area is 166 Å². The third-order valence-corrected chi connectivity index (χ3v) is 6.05. The smallest absolute Gasteiger partial charge is 0.166 e. The zero-order chi connectivity index (χ0) is 20.0. The fourth-order valence-corrected chi connectivity index (χ4v) is 4.84. The van der Waals surface area contributed by atoms with Crippen LogP contribution in [0.2, 0.25) is 0 Å². The molecule has 1 aromatic carbocycles. The zero-order valence-corrected chi connectivity index (χ0v) is 17.3. The van der Waals surface area contributed by atoms with E-state index in [0.29, 0.717) is 12.3 Å². The Morgan fingerprint density at radius 1 is 1.29 bits per heavy atom. The molecule has 2 aromatic rings. The maximum Gasteiger partial charge on any atom is 0.166 e. The molecule has 0 fully saturated rings. The molecule has 4 rings (SSSR count). The molecule has 0 amide bonds. The highest BCUT2D eigenvalue weighted by atomic mass is 16.5. The van der Waals surface area contributed by atoms with Gasteiger partial charge in [0.2, 0.25) is 0 Å². The fraction of sp³-hybridized carbons (Fsp3) is 0.417. The van der Waals surface area contributed by atoms with Crippen LogP contribution in [0.5, 0.6) is 5.75 Å². The number of Topliss-reactive ketones (excluding diaryl/α,β-unsaturated/α-hetero) is 1. The van der Waals surface area contributed by atoms with Gasteiger partial charge in [0.25, 0.3) is 0 Å². The Morgan fingerprint density at radius 2 is 2.07 bits per heavy atom. The topological polar surface area (TPSA) is 54.5 Å². The number of rotatable bonds is 4. The lowest BCUT2D eigenvalue weighted by molar-refractivity contribution is -0.118. The molecule has 2 heterocycles. The number of nitrogens with one attached hydrogen (secondary N) is 1. The summed E-state index contributed by atoms with van der Waals surface area (Å²) in [4.78, 5) is 21.4. The van der Waals surface area contributed by atoms with Crippen LogP contribution >= 0.6 is 0 Å². The van der Waals surface area contributed by atoms with Gasteiger partial charge in [0, 0.05) is 35.9 Å². The van der Waals surface area contributed by atoms with Crippen molar-refractivity contribution in [1.82, 2.24) is 4.98 Å². The third-order valence-electron chi connectivity index (χ3n) is 6.05. The summed E-state index contributed by atoms with van der Waals surface area (Å²) < 4.78 is 5.37. The number of ether oxygens (including phenoxy) is 1. The van der Waals surface area contributed by atoms with Gasteiger partial charge in [0.1, 0.15) is 5.75 Å². The van der Waals surface area contributed by atoms with Crippen molar-refractivity contribution in [1.29, 1.82) is 0 Å². The Hall–Kier alpha value is -2.62. The molecule has 1 aliphatic heterocycles. The highest BCUT2D eigenvalue weighted by Crippen LogP contribution is 2.37. The highest BCUT2D eigenvalue weighted by molar-refractivity contribution is 6.10. The minimum absolute atomic E-state index is 0.115. The minimum atomic E-state index is -0.115. The number of aliphatic imine (C=N–C) groups is 1. The summed E-state index contributed by atoms with van der Waals surface area (Å²) in [6.45, 7) is 9.19. The average molecular weight is 377 g/mol. The first-order valence-electron chi connectivity index (χ1n) is 10.1. The predicted octanol–water partition coefficient (Wildman–Crippen LogP) is 5.03. The molecule has 0 saturated heterocycles. The Bertz CT molecular complexity index is 1050. The van der Waals surface area contributed by atoms with Gasteiger partial charge < -0.3 is 9.72 Å². The van der Waals surface area contributed by atoms with Crippen molar-refractivity contribution in [2.75, 3.05) is 13.7 Å². The first-order valence-corrected chi connectivity index (χ1v) is 10.1. The van der Waals surface area contributed by atoms with Crippen molar-refractivity contribution >= 4 is 22.4 Å². The van der Waals surface area contributed by atoms with E-state index in [0.717, 1.165) is 41.2 Å². The summed E-state index contributed by atoms with van der Waals surface area (Å²) in [6, 6.07) is 6.16. The van der Waals surface area contributed by atoms with Crippen LogP contribution in [-0.4, -0.2) is 30.1 Å². The molecule has 1 aliphatic carbocycles. The largest absolute Gasteiger partial charge is 0.497 e. The van der Waals surface area contributed by atoms with Gasteiger partial charge in [-0.05, 0) is 49.5 Å². The molecule has 1 aromatic heterocycles. The maximum absolute atomic E-state index is 13.0. The molecule has 0 spiro atoms. The Kier molecular flexibility index (Phi) is 4.74. The monoisotopic (exact) mass is 376 g/mol. The summed E-state index contributed by atoms with van der Waals surface area (Å²) in [5.41, 5.74) is 7.83. The molecule has 1 unspecified atom stereocenters. The Morgan fingerprint density at radius 3 is 2.79 bits per heavy atom. The normalized spacial score (nSPS) is 19.8. The number of carbonyl (C=O) groups is 1. The van der Waals surface area contributed by atoms with Crippen molar-refractivity contribution in [3.63, 3.8) is 0 Å². The van der Waals surface area contributed by atoms with E-state index < -0.39 is 0 Å². The number of aromatic amines is 1. The summed E-state index contributed by atoms with van der Waals surface area (Å²) in [7, 11) is 1.68. The molecule has 0 bridgehead atoms. The van der Waals surface area contributed by atoms with Crippen LogP contribution in [0.3, 0.4) is 0 Å². The summed E-state index contributed by atoms with van der Waals surface area (Å²) >= 11 is 0. The van der Waals surface area contributed by atoms with Crippen LogP contribution in [0.25, 0.3) is 10.9 Å². The van der Waals surface area contributed by atoms with E-state index in [1.54, 1.807) is 7.11 Å². The number of aromatic nitrogens is 1. The van der Waals surface area contributed by atoms with Crippen molar-refractivity contribution in [2.24, 2.45) is 16.8 Å². The molecule has 1 N–H and O–H groups in total. The van der Waals surface area contributed by atoms with Gasteiger partial charge in [-0.1, -0.05) is 31.1 Å². The van der Waals surface area contributed by atoms with Gasteiger partial charge in [-0.3, -0.25) is 9.79 Å². The molecule has 4 nitrogen and oxygen atoms in total. The number of nitrogens with zero attached hydrogens (tertiary/aromatic N) is 1. The summed E-state index contributed by atoms with van der Waals surface area (Å²) in [6.07, 6.45) is 3.62. The van der Waals surface area contributed by atoms with Gasteiger partial charge in [0.15, 0.2) is 5.78 Å². The summed E-state index contributed by atoms with van der Waals surface area (Å²) in [5.74, 6) is 1.31. The van der Waals surface area contributed by atoms with E-state index in [1.807, 2.05) is 25.1 Å². The van der Waals surface area contributed by atoms with E-state index in [4.69, 9.17) is 9.73 Å². The van der Waals surface area contributed by atoms with Crippen molar-refractivity contribution in [3.8, 4) is 5.75 Å². The van der Waals surface area contributed by atoms with Crippen LogP contribution in [0.1, 0.15) is 45.4 Å². The van der Waals surface area contributed by atoms with Crippen LogP contribution in [0, 0.1) is 11.8 Å². The number of allylic oxidation sites excluding steroid dienone is 4. The second-order valence-electron chi connectivity index (χ2n) is 8.21. The highest BCUT2D eigenvalue weighted by Gasteiger charge is 2.33. The zero-order valence-electron chi connectivity index (χ0n) is 17.3. The van der Waals surface area contributed by atoms with E-state index in [-0.39, 0.29) is 11.7 Å². The van der Waals surface area contributed by atoms with E-state index >= 15 is 0 Å². The van der Waals surface area contributed by atoms with Crippen LogP contribution in [0.4, 0.5) is 0 Å². The number of ketones is 1. The van der Waals surface area contributed by atoms with Crippen molar-refractivity contribution < 1.29 is 9.53 Å². The van der Waals surface area contributed by atoms with Crippen LogP contribution in [-0.2, 0) is 11.2 Å². The quantitative estimate of drug-likeness (QED) is 0.814. The molecule has 28 heavy (non-hydrogen) atoms. The van der Waals surface area contributed by atoms with Crippen LogP contribution < -0.4 is 4.74 Å². The second-order valence-corrected chi connectivity index (χ2v) is 8.21. The van der Waals surface area contributed by atoms with Gasteiger partial charge in [-0.15, -0.1) is 0 Å². The van der Waals surface area contributed by atoms with Crippen LogP contribution in [0.15, 0.2) is 46.0 Å². The predicted molar refractivity (Wildman–Crippen MR) is 114 cm³/mol. The van der Waals surface area contributed by atoms with Crippen molar-refractivity contribution in [2.45, 2.75) is 40.5 Å². The fourth-order valence-electron chi connectivity index (χ4n) is 4.84. The molecule has 1 atom stereocenters. The third kappa shape index (κ3) is 3.01. The SMILES string of the molecule is COc1ccc2c3c([nH]c2c1)C(CC1C(=O)C(C)=CC(C)=C1C(C)C)=NCC3. The van der Waals surface area contributed by atoms with E-state index in [2.05, 4.69) is 31.8 Å². The number of benzene rings is 1. The molecule has 0 radical (unpaired) electrons. The second kappa shape index (κ2) is 7.08. The molecule has 4 heteroatoms. The number of hydrogen-bond donors (Lipinski definition) is 1. The molecule has 2 aliphatic rings. The van der Waals surface area contributed by atoms with Gasteiger partial charge in [-0.2, -0.15) is 0 Å². The number of carbonyl (C=O) groups excluding carboxylic acids is 1. The van der Waals surface area contributed by atoms with Crippen molar-refractivity contribution in [3.05, 3.63) is 52.3 Å². The number of methoxy groups -OCH3 is 1. The lowest BCUT2D eigenvalue weighted by Crippen LogP contribution is -2.28. The first kappa shape index (κ1) is 18.7. The first-order chi connectivity index (χ1) is 13.4. The molecular weight excluding hydrogens is 348 g/mol. The molecule has 0 saturated carbocycles. The molecular formula is C24H28N2O2. The van der Waals surface area contributed by atoms with Gasteiger partial charge >= 0.3 is 0 Å². The summed E-state index contributed by atoms with van der Waals surface area (Å²) in [5, 5.41) is 1.23. The van der Waals surface area contributed by atoms with E-state index in [1.165, 1.54) is 22.1 Å². The minimum Gasteiger partial charge on any atom is -0.497 e.